The van der Waals surface area contributed by atoms with Gasteiger partial charge in [0, 0.05) is 11.1 Å². The first-order chi connectivity index (χ1) is 15.1. The third-order valence-electron chi connectivity index (χ3n) is 4.42. The Hall–Kier alpha value is -3.75. The van der Waals surface area contributed by atoms with E-state index in [0.717, 1.165) is 12.8 Å². The van der Waals surface area contributed by atoms with Gasteiger partial charge in [-0.15, -0.1) is 5.10 Å². The number of hydrogen-bond acceptors (Lipinski definition) is 8. The molecular formula is C22H25N3O6. The average Bonchev–Trinajstić information content (AvgIpc) is 3.26. The van der Waals surface area contributed by atoms with Crippen molar-refractivity contribution in [1.82, 2.24) is 10.2 Å². The summed E-state index contributed by atoms with van der Waals surface area (Å²) in [7, 11) is 4.55. The summed E-state index contributed by atoms with van der Waals surface area (Å²) < 4.78 is 27.2. The largest absolute Gasteiger partial charge is 0.494 e. The normalized spacial score (nSPS) is 10.5. The van der Waals surface area contributed by atoms with Gasteiger partial charge < -0.3 is 23.4 Å². The van der Waals surface area contributed by atoms with E-state index >= 15 is 0 Å². The second-order valence-electron chi connectivity index (χ2n) is 6.51. The molecule has 0 fully saturated rings. The van der Waals surface area contributed by atoms with Crippen LogP contribution in [-0.2, 0) is 0 Å². The van der Waals surface area contributed by atoms with Crippen LogP contribution < -0.4 is 24.3 Å². The van der Waals surface area contributed by atoms with Crippen molar-refractivity contribution in [2.24, 2.45) is 0 Å². The molecule has 9 nitrogen and oxygen atoms in total. The number of nitrogens with one attached hydrogen (secondary N) is 1. The summed E-state index contributed by atoms with van der Waals surface area (Å²) in [6.07, 6.45) is 1.98. The molecule has 0 saturated heterocycles. The van der Waals surface area contributed by atoms with Gasteiger partial charge in [0.15, 0.2) is 11.5 Å². The van der Waals surface area contributed by atoms with Gasteiger partial charge in [0.1, 0.15) is 5.75 Å². The molecule has 0 spiro atoms. The van der Waals surface area contributed by atoms with E-state index < -0.39 is 0 Å². The predicted octanol–water partition coefficient (Wildman–Crippen LogP) is 4.19. The topological polar surface area (TPSA) is 105 Å². The molecule has 0 bridgehead atoms. The van der Waals surface area contributed by atoms with Crippen LogP contribution in [0.4, 0.5) is 6.01 Å². The van der Waals surface area contributed by atoms with Gasteiger partial charge in [0.05, 0.1) is 27.9 Å². The molecule has 164 valence electrons. The third kappa shape index (κ3) is 5.25. The zero-order valence-corrected chi connectivity index (χ0v) is 17.9. The molecule has 31 heavy (non-hydrogen) atoms. The molecule has 9 heteroatoms. The highest BCUT2D eigenvalue weighted by Gasteiger charge is 2.18. The number of benzene rings is 2. The Morgan fingerprint density at radius 3 is 2.42 bits per heavy atom. The van der Waals surface area contributed by atoms with E-state index in [1.54, 1.807) is 30.3 Å². The predicted molar refractivity (Wildman–Crippen MR) is 114 cm³/mol. The lowest BCUT2D eigenvalue weighted by Gasteiger charge is -2.12. The van der Waals surface area contributed by atoms with Crippen molar-refractivity contribution < 1.29 is 28.2 Å². The molecule has 1 N–H and O–H groups in total. The van der Waals surface area contributed by atoms with Crippen LogP contribution in [0.5, 0.6) is 23.0 Å². The van der Waals surface area contributed by atoms with Gasteiger partial charge in [-0.2, -0.15) is 0 Å². The van der Waals surface area contributed by atoms with Crippen molar-refractivity contribution in [3.8, 4) is 34.5 Å². The van der Waals surface area contributed by atoms with Crippen LogP contribution in [0.1, 0.15) is 30.1 Å². The van der Waals surface area contributed by atoms with Crippen molar-refractivity contribution in [1.29, 1.82) is 0 Å². The van der Waals surface area contributed by atoms with Gasteiger partial charge in [-0.05, 0) is 36.8 Å². The van der Waals surface area contributed by atoms with Gasteiger partial charge in [-0.1, -0.05) is 24.5 Å². The lowest BCUT2D eigenvalue weighted by molar-refractivity contribution is 0.102. The van der Waals surface area contributed by atoms with Crippen LogP contribution in [0.3, 0.4) is 0 Å². The number of anilines is 1. The third-order valence-corrected chi connectivity index (χ3v) is 4.42. The first kappa shape index (κ1) is 21.9. The molecule has 3 aromatic rings. The number of rotatable bonds is 10. The van der Waals surface area contributed by atoms with Gasteiger partial charge in [0.25, 0.3) is 5.91 Å². The number of nitrogens with zero attached hydrogens (tertiary/aromatic N) is 2. The lowest BCUT2D eigenvalue weighted by Crippen LogP contribution is -2.12. The Morgan fingerprint density at radius 2 is 1.77 bits per heavy atom. The highest BCUT2D eigenvalue weighted by Crippen LogP contribution is 2.41. The van der Waals surface area contributed by atoms with E-state index in [1.165, 1.54) is 21.3 Å². The second kappa shape index (κ2) is 10.3. The molecule has 1 amide bonds. The Balaban J connectivity index is 1.76. The number of hydrogen-bond donors (Lipinski definition) is 1. The monoisotopic (exact) mass is 427 g/mol. The van der Waals surface area contributed by atoms with Crippen molar-refractivity contribution in [2.45, 2.75) is 19.8 Å². The molecule has 1 heterocycles. The molecule has 0 radical (unpaired) electrons. The minimum atomic E-state index is -0.388. The Labute approximate surface area is 180 Å². The van der Waals surface area contributed by atoms with Crippen LogP contribution in [0.15, 0.2) is 40.8 Å². The number of unbranched alkanes of at least 4 members (excludes halogenated alkanes) is 1. The van der Waals surface area contributed by atoms with E-state index in [0.29, 0.717) is 40.7 Å². The highest BCUT2D eigenvalue weighted by molar-refractivity contribution is 6.03. The standard InChI is InChI=1S/C22H25N3O6/c1-5-6-10-30-16-9-7-8-14(11-16)20(26)23-22-25-24-21(31-22)15-12-17(27-2)19(29-4)18(13-15)28-3/h7-9,11-13H,5-6,10H2,1-4H3,(H,23,25,26). The first-order valence-electron chi connectivity index (χ1n) is 9.77. The number of carbonyl (C=O) groups excluding carboxylic acids is 1. The van der Waals surface area contributed by atoms with Crippen molar-refractivity contribution in [3.05, 3.63) is 42.0 Å². The summed E-state index contributed by atoms with van der Waals surface area (Å²) in [5, 5.41) is 10.5. The number of aromatic nitrogens is 2. The molecular weight excluding hydrogens is 402 g/mol. The molecule has 3 rings (SSSR count). The van der Waals surface area contributed by atoms with Crippen molar-refractivity contribution in [2.75, 3.05) is 33.3 Å². The van der Waals surface area contributed by atoms with Crippen LogP contribution in [0.25, 0.3) is 11.5 Å². The fraction of sp³-hybridized carbons (Fsp3) is 0.318. The SMILES string of the molecule is CCCCOc1cccc(C(=O)Nc2nnc(-c3cc(OC)c(OC)c(OC)c3)o2)c1. The molecule has 2 aromatic carbocycles. The summed E-state index contributed by atoms with van der Waals surface area (Å²) in [6, 6.07) is 10.2. The summed E-state index contributed by atoms with van der Waals surface area (Å²) in [5.74, 6) is 1.76. The van der Waals surface area contributed by atoms with Crippen LogP contribution in [0.2, 0.25) is 0 Å². The van der Waals surface area contributed by atoms with Gasteiger partial charge in [-0.3, -0.25) is 10.1 Å². The fourth-order valence-corrected chi connectivity index (χ4v) is 2.83. The molecule has 1 aromatic heterocycles. The molecule has 0 saturated carbocycles. The van der Waals surface area contributed by atoms with E-state index in [2.05, 4.69) is 22.4 Å². The minimum absolute atomic E-state index is 0.0361. The second-order valence-corrected chi connectivity index (χ2v) is 6.51. The zero-order valence-electron chi connectivity index (χ0n) is 17.9. The van der Waals surface area contributed by atoms with Crippen LogP contribution >= 0.6 is 0 Å². The molecule has 0 unspecified atom stereocenters. The van der Waals surface area contributed by atoms with E-state index in [4.69, 9.17) is 23.4 Å². The van der Waals surface area contributed by atoms with Crippen LogP contribution in [0, 0.1) is 0 Å². The molecule has 0 aliphatic rings. The minimum Gasteiger partial charge on any atom is -0.494 e. The smallest absolute Gasteiger partial charge is 0.322 e. The lowest BCUT2D eigenvalue weighted by atomic mass is 10.2. The quantitative estimate of drug-likeness (QED) is 0.480. The number of amides is 1. The number of methoxy groups -OCH3 is 3. The van der Waals surface area contributed by atoms with Crippen LogP contribution in [-0.4, -0.2) is 44.0 Å². The van der Waals surface area contributed by atoms with Gasteiger partial charge >= 0.3 is 6.01 Å². The summed E-state index contributed by atoms with van der Waals surface area (Å²) in [5.41, 5.74) is 0.968. The first-order valence-corrected chi connectivity index (χ1v) is 9.77. The van der Waals surface area contributed by atoms with Crippen molar-refractivity contribution in [3.63, 3.8) is 0 Å². The Morgan fingerprint density at radius 1 is 1.03 bits per heavy atom. The summed E-state index contributed by atoms with van der Waals surface area (Å²) >= 11 is 0. The summed E-state index contributed by atoms with van der Waals surface area (Å²) in [4.78, 5) is 12.6. The number of ether oxygens (including phenoxy) is 4. The molecule has 0 aliphatic carbocycles. The molecule has 0 atom stereocenters. The fourth-order valence-electron chi connectivity index (χ4n) is 2.83. The van der Waals surface area contributed by atoms with E-state index in [-0.39, 0.29) is 17.8 Å². The van der Waals surface area contributed by atoms with Gasteiger partial charge in [0.2, 0.25) is 11.6 Å². The summed E-state index contributed by atoms with van der Waals surface area (Å²) in [6.45, 7) is 2.69. The number of carbonyl (C=O) groups is 1. The van der Waals surface area contributed by atoms with E-state index in [1.807, 2.05) is 6.07 Å². The average molecular weight is 427 g/mol. The zero-order chi connectivity index (χ0) is 22.2. The Bertz CT molecular complexity index is 1010. The van der Waals surface area contributed by atoms with E-state index in [9.17, 15) is 4.79 Å². The maximum Gasteiger partial charge on any atom is 0.322 e. The highest BCUT2D eigenvalue weighted by atomic mass is 16.5. The van der Waals surface area contributed by atoms with Gasteiger partial charge in [-0.25, -0.2) is 0 Å². The maximum atomic E-state index is 12.6. The van der Waals surface area contributed by atoms with Crippen molar-refractivity contribution >= 4 is 11.9 Å². The Kier molecular flexibility index (Phi) is 7.31. The molecule has 0 aliphatic heterocycles. The maximum absolute atomic E-state index is 12.6.